The van der Waals surface area contributed by atoms with Gasteiger partial charge in [-0.25, -0.2) is 9.18 Å². The van der Waals surface area contributed by atoms with E-state index in [0.29, 0.717) is 18.6 Å². The third-order valence-corrected chi connectivity index (χ3v) is 4.23. The Kier molecular flexibility index (Phi) is 4.79. The number of anilines is 1. The molecule has 2 heterocycles. The number of carbonyl (C=O) groups is 1. The molecule has 1 amide bonds. The minimum Gasteiger partial charge on any atom is -0.444 e. The van der Waals surface area contributed by atoms with Crippen molar-refractivity contribution in [3.05, 3.63) is 36.3 Å². The van der Waals surface area contributed by atoms with E-state index < -0.39 is 5.60 Å². The highest BCUT2D eigenvalue weighted by atomic mass is 19.1. The smallest absolute Gasteiger partial charge is 0.410 e. The van der Waals surface area contributed by atoms with Crippen molar-refractivity contribution in [2.45, 2.75) is 45.3 Å². The van der Waals surface area contributed by atoms with Crippen LogP contribution in [0.5, 0.6) is 0 Å². The SMILES string of the molecule is CC(C)(C)OC(=O)N1CCC(Nc2ccc(F)c3ncccc23)CC1. The molecule has 1 saturated heterocycles. The number of pyridine rings is 1. The second kappa shape index (κ2) is 6.86. The molecule has 2 aromatic rings. The summed E-state index contributed by atoms with van der Waals surface area (Å²) in [5.41, 5.74) is 0.769. The van der Waals surface area contributed by atoms with E-state index in [1.807, 2.05) is 26.8 Å². The number of aromatic nitrogens is 1. The summed E-state index contributed by atoms with van der Waals surface area (Å²) in [5, 5.41) is 4.25. The average molecular weight is 345 g/mol. The van der Waals surface area contributed by atoms with Crippen molar-refractivity contribution in [1.29, 1.82) is 0 Å². The maximum absolute atomic E-state index is 13.9. The van der Waals surface area contributed by atoms with Crippen molar-refractivity contribution in [2.24, 2.45) is 0 Å². The standard InChI is InChI=1S/C19H24FN3O2/c1-19(2,3)25-18(24)23-11-8-13(9-12-23)22-16-7-6-15(20)17-14(16)5-4-10-21-17/h4-7,10,13,22H,8-9,11-12H2,1-3H3. The van der Waals surface area contributed by atoms with E-state index in [1.54, 1.807) is 23.2 Å². The second-order valence-corrected chi connectivity index (χ2v) is 7.38. The number of benzene rings is 1. The summed E-state index contributed by atoms with van der Waals surface area (Å²) < 4.78 is 19.3. The van der Waals surface area contributed by atoms with Crippen LogP contribution >= 0.6 is 0 Å². The molecule has 0 unspecified atom stereocenters. The van der Waals surface area contributed by atoms with Crippen molar-refractivity contribution in [2.75, 3.05) is 18.4 Å². The number of nitrogens with one attached hydrogen (secondary N) is 1. The van der Waals surface area contributed by atoms with Crippen LogP contribution in [0.3, 0.4) is 0 Å². The molecule has 25 heavy (non-hydrogen) atoms. The number of fused-ring (bicyclic) bond motifs is 1. The van der Waals surface area contributed by atoms with Crippen LogP contribution in [0.2, 0.25) is 0 Å². The Morgan fingerprint density at radius 2 is 2.00 bits per heavy atom. The summed E-state index contributed by atoms with van der Waals surface area (Å²) in [4.78, 5) is 18.0. The first-order valence-corrected chi connectivity index (χ1v) is 8.61. The molecule has 1 aliphatic rings. The van der Waals surface area contributed by atoms with Crippen molar-refractivity contribution in [1.82, 2.24) is 9.88 Å². The summed E-state index contributed by atoms with van der Waals surface area (Å²) in [6, 6.07) is 7.09. The Bertz CT molecular complexity index is 765. The third kappa shape index (κ3) is 4.18. The molecule has 0 aliphatic carbocycles. The molecule has 1 N–H and O–H groups in total. The van der Waals surface area contributed by atoms with Crippen LogP contribution in [-0.2, 0) is 4.74 Å². The molecule has 5 nitrogen and oxygen atoms in total. The topological polar surface area (TPSA) is 54.5 Å². The van der Waals surface area contributed by atoms with Gasteiger partial charge in [-0.05, 0) is 57.9 Å². The summed E-state index contributed by atoms with van der Waals surface area (Å²) >= 11 is 0. The maximum atomic E-state index is 13.9. The van der Waals surface area contributed by atoms with Crippen molar-refractivity contribution in [3.8, 4) is 0 Å². The molecule has 134 valence electrons. The summed E-state index contributed by atoms with van der Waals surface area (Å²) in [6.07, 6.45) is 2.97. The average Bonchev–Trinajstić information content (AvgIpc) is 2.57. The predicted molar refractivity (Wildman–Crippen MR) is 96.2 cm³/mol. The van der Waals surface area contributed by atoms with Crippen LogP contribution in [0.1, 0.15) is 33.6 Å². The van der Waals surface area contributed by atoms with Gasteiger partial charge in [0.1, 0.15) is 16.9 Å². The fourth-order valence-corrected chi connectivity index (χ4v) is 3.02. The van der Waals surface area contributed by atoms with Crippen LogP contribution in [0.15, 0.2) is 30.5 Å². The zero-order valence-corrected chi connectivity index (χ0v) is 14.9. The highest BCUT2D eigenvalue weighted by Gasteiger charge is 2.27. The molecule has 0 saturated carbocycles. The largest absolute Gasteiger partial charge is 0.444 e. The lowest BCUT2D eigenvalue weighted by Crippen LogP contribution is -2.44. The number of piperidine rings is 1. The van der Waals surface area contributed by atoms with Gasteiger partial charge in [-0.15, -0.1) is 0 Å². The molecule has 1 aromatic carbocycles. The lowest BCUT2D eigenvalue weighted by Gasteiger charge is -2.34. The number of hydrogen-bond acceptors (Lipinski definition) is 4. The zero-order chi connectivity index (χ0) is 18.0. The van der Waals surface area contributed by atoms with E-state index in [-0.39, 0.29) is 18.0 Å². The fourth-order valence-electron chi connectivity index (χ4n) is 3.02. The van der Waals surface area contributed by atoms with E-state index in [9.17, 15) is 9.18 Å². The van der Waals surface area contributed by atoms with Gasteiger partial charge in [0, 0.05) is 36.4 Å². The molecule has 1 aromatic heterocycles. The molecular weight excluding hydrogens is 321 g/mol. The van der Waals surface area contributed by atoms with Gasteiger partial charge in [0.15, 0.2) is 0 Å². The predicted octanol–water partition coefficient (Wildman–Crippen LogP) is 4.19. The van der Waals surface area contributed by atoms with Crippen molar-refractivity contribution in [3.63, 3.8) is 0 Å². The molecule has 0 spiro atoms. The van der Waals surface area contributed by atoms with Crippen LogP contribution in [0.25, 0.3) is 10.9 Å². The zero-order valence-electron chi connectivity index (χ0n) is 14.9. The number of amides is 1. The van der Waals surface area contributed by atoms with Gasteiger partial charge in [0.2, 0.25) is 0 Å². The number of halogens is 1. The molecule has 1 aliphatic heterocycles. The monoisotopic (exact) mass is 345 g/mol. The summed E-state index contributed by atoms with van der Waals surface area (Å²) in [6.45, 7) is 6.89. The number of rotatable bonds is 2. The fraction of sp³-hybridized carbons (Fsp3) is 0.474. The number of nitrogens with zero attached hydrogens (tertiary/aromatic N) is 2. The van der Waals surface area contributed by atoms with Crippen LogP contribution in [0, 0.1) is 5.82 Å². The summed E-state index contributed by atoms with van der Waals surface area (Å²) in [5.74, 6) is -0.319. The van der Waals surface area contributed by atoms with Gasteiger partial charge >= 0.3 is 6.09 Å². The minimum absolute atomic E-state index is 0.229. The van der Waals surface area contributed by atoms with Crippen LogP contribution in [-0.4, -0.2) is 40.7 Å². The Labute approximate surface area is 147 Å². The molecule has 6 heteroatoms. The number of hydrogen-bond donors (Lipinski definition) is 1. The van der Waals surface area contributed by atoms with E-state index in [2.05, 4.69) is 10.3 Å². The van der Waals surface area contributed by atoms with Gasteiger partial charge in [-0.3, -0.25) is 4.98 Å². The number of ether oxygens (including phenoxy) is 1. The van der Waals surface area contributed by atoms with E-state index in [4.69, 9.17) is 4.74 Å². The third-order valence-electron chi connectivity index (χ3n) is 4.23. The Balaban J connectivity index is 1.63. The molecule has 0 radical (unpaired) electrons. The van der Waals surface area contributed by atoms with Gasteiger partial charge < -0.3 is 15.0 Å². The maximum Gasteiger partial charge on any atom is 0.410 e. The quantitative estimate of drug-likeness (QED) is 0.887. The Hall–Kier alpha value is -2.37. The molecule has 3 rings (SSSR count). The van der Waals surface area contributed by atoms with E-state index in [0.717, 1.165) is 23.9 Å². The van der Waals surface area contributed by atoms with Crippen molar-refractivity contribution >= 4 is 22.7 Å². The molecule has 1 fully saturated rings. The number of carbonyl (C=O) groups excluding carboxylic acids is 1. The van der Waals surface area contributed by atoms with Crippen molar-refractivity contribution < 1.29 is 13.9 Å². The first-order chi connectivity index (χ1) is 11.8. The lowest BCUT2D eigenvalue weighted by molar-refractivity contribution is 0.0210. The minimum atomic E-state index is -0.480. The Morgan fingerprint density at radius 3 is 2.68 bits per heavy atom. The molecule has 0 bridgehead atoms. The molecular formula is C19H24FN3O2. The van der Waals surface area contributed by atoms with Crippen LogP contribution < -0.4 is 5.32 Å². The van der Waals surface area contributed by atoms with Gasteiger partial charge in [-0.1, -0.05) is 0 Å². The lowest BCUT2D eigenvalue weighted by atomic mass is 10.0. The van der Waals surface area contributed by atoms with Crippen LogP contribution in [0.4, 0.5) is 14.9 Å². The molecule has 0 atom stereocenters. The number of likely N-dealkylation sites (tertiary alicyclic amines) is 1. The first-order valence-electron chi connectivity index (χ1n) is 8.61. The van der Waals surface area contributed by atoms with E-state index >= 15 is 0 Å². The normalized spacial score (nSPS) is 16.1. The Morgan fingerprint density at radius 1 is 1.28 bits per heavy atom. The highest BCUT2D eigenvalue weighted by Crippen LogP contribution is 2.26. The van der Waals surface area contributed by atoms with Gasteiger partial charge in [0.25, 0.3) is 0 Å². The van der Waals surface area contributed by atoms with Gasteiger partial charge in [0.05, 0.1) is 0 Å². The first kappa shape index (κ1) is 17.5. The second-order valence-electron chi connectivity index (χ2n) is 7.38. The van der Waals surface area contributed by atoms with Gasteiger partial charge in [-0.2, -0.15) is 0 Å². The highest BCUT2D eigenvalue weighted by molar-refractivity contribution is 5.91. The summed E-state index contributed by atoms with van der Waals surface area (Å²) in [7, 11) is 0. The van der Waals surface area contributed by atoms with E-state index in [1.165, 1.54) is 6.07 Å².